The van der Waals surface area contributed by atoms with Gasteiger partial charge in [-0.1, -0.05) is 15.9 Å². The van der Waals surface area contributed by atoms with Gasteiger partial charge in [0.05, 0.1) is 5.69 Å². The van der Waals surface area contributed by atoms with Gasteiger partial charge in [-0.2, -0.15) is 0 Å². The van der Waals surface area contributed by atoms with Gasteiger partial charge in [0, 0.05) is 53.8 Å². The summed E-state index contributed by atoms with van der Waals surface area (Å²) in [7, 11) is 0. The molecule has 5 rings (SSSR count). The lowest BCUT2D eigenvalue weighted by Crippen LogP contribution is -2.46. The quantitative estimate of drug-likeness (QED) is 0.270. The SMILES string of the molecule is Cc1c(-c2ccc(O)cc2)n(CCCCN2CCN(c3ccc(Br)cc3)CC2)c2ccc(O)cc12. The topological polar surface area (TPSA) is 51.9 Å². The molecule has 0 amide bonds. The number of piperazine rings is 1. The monoisotopic (exact) mass is 533 g/mol. The van der Waals surface area contributed by atoms with Crippen LogP contribution in [-0.2, 0) is 6.54 Å². The number of phenolic OH excluding ortho intramolecular Hbond substituents is 2. The fourth-order valence-electron chi connectivity index (χ4n) is 5.22. The number of unbranched alkanes of at least 4 members (excludes halogenated alkanes) is 1. The van der Waals surface area contributed by atoms with Gasteiger partial charge in [0.1, 0.15) is 11.5 Å². The third-order valence-corrected chi connectivity index (χ3v) is 7.64. The Kier molecular flexibility index (Phi) is 7.02. The highest BCUT2D eigenvalue weighted by molar-refractivity contribution is 9.10. The zero-order chi connectivity index (χ0) is 24.4. The Morgan fingerprint density at radius 3 is 2.14 bits per heavy atom. The second-order valence-corrected chi connectivity index (χ2v) is 10.3. The zero-order valence-corrected chi connectivity index (χ0v) is 21.7. The van der Waals surface area contributed by atoms with Crippen molar-refractivity contribution in [3.05, 3.63) is 76.8 Å². The molecule has 6 heteroatoms. The summed E-state index contributed by atoms with van der Waals surface area (Å²) < 4.78 is 3.50. The molecule has 0 aliphatic carbocycles. The molecule has 35 heavy (non-hydrogen) atoms. The van der Waals surface area contributed by atoms with E-state index in [0.29, 0.717) is 0 Å². The van der Waals surface area contributed by atoms with Gasteiger partial charge in [-0.15, -0.1) is 0 Å². The van der Waals surface area contributed by atoms with E-state index in [9.17, 15) is 10.2 Å². The number of nitrogens with zero attached hydrogens (tertiary/aromatic N) is 3. The predicted molar refractivity (Wildman–Crippen MR) is 147 cm³/mol. The van der Waals surface area contributed by atoms with E-state index in [1.54, 1.807) is 18.2 Å². The fraction of sp³-hybridized carbons (Fsp3) is 0.310. The van der Waals surface area contributed by atoms with Crippen LogP contribution in [-0.4, -0.2) is 52.4 Å². The average Bonchev–Trinajstić information content (AvgIpc) is 3.14. The van der Waals surface area contributed by atoms with Crippen LogP contribution in [0.15, 0.2) is 71.2 Å². The smallest absolute Gasteiger partial charge is 0.116 e. The Morgan fingerprint density at radius 2 is 1.43 bits per heavy atom. The standard InChI is InChI=1S/C29H32BrN3O2/c1-21-27-20-26(35)12-13-28(27)33(29(21)22-4-10-25(34)11-5-22)15-3-2-14-31-16-18-32(19-17-31)24-8-6-23(30)7-9-24/h4-13,20,34-35H,2-3,14-19H2,1H3. The first-order chi connectivity index (χ1) is 17.0. The van der Waals surface area contributed by atoms with Gasteiger partial charge in [-0.25, -0.2) is 0 Å². The highest BCUT2D eigenvalue weighted by Gasteiger charge is 2.18. The number of hydrogen-bond donors (Lipinski definition) is 2. The van der Waals surface area contributed by atoms with Crippen molar-refractivity contribution in [2.45, 2.75) is 26.3 Å². The van der Waals surface area contributed by atoms with Crippen LogP contribution >= 0.6 is 15.9 Å². The van der Waals surface area contributed by atoms with E-state index < -0.39 is 0 Å². The molecule has 0 spiro atoms. The molecule has 0 bridgehead atoms. The van der Waals surface area contributed by atoms with E-state index in [4.69, 9.17) is 0 Å². The van der Waals surface area contributed by atoms with Gasteiger partial charge in [0.2, 0.25) is 0 Å². The van der Waals surface area contributed by atoms with Crippen LogP contribution in [0.4, 0.5) is 5.69 Å². The average molecular weight is 534 g/mol. The van der Waals surface area contributed by atoms with Crippen LogP contribution in [0.2, 0.25) is 0 Å². The van der Waals surface area contributed by atoms with E-state index in [1.165, 1.54) is 5.69 Å². The van der Waals surface area contributed by atoms with Crippen LogP contribution in [0.25, 0.3) is 22.2 Å². The van der Waals surface area contributed by atoms with Crippen LogP contribution in [0.5, 0.6) is 11.5 Å². The minimum absolute atomic E-state index is 0.270. The summed E-state index contributed by atoms with van der Waals surface area (Å²) in [5.74, 6) is 0.559. The molecule has 2 heterocycles. The minimum Gasteiger partial charge on any atom is -0.508 e. The molecule has 0 saturated carbocycles. The van der Waals surface area contributed by atoms with Crippen molar-refractivity contribution >= 4 is 32.5 Å². The van der Waals surface area contributed by atoms with Gasteiger partial charge >= 0.3 is 0 Å². The molecular formula is C29H32BrN3O2. The summed E-state index contributed by atoms with van der Waals surface area (Å²) in [5.41, 5.74) is 5.85. The van der Waals surface area contributed by atoms with E-state index in [0.717, 1.165) is 84.3 Å². The van der Waals surface area contributed by atoms with Crippen molar-refractivity contribution in [1.82, 2.24) is 9.47 Å². The molecule has 2 N–H and O–H groups in total. The van der Waals surface area contributed by atoms with Crippen LogP contribution in [0.1, 0.15) is 18.4 Å². The van der Waals surface area contributed by atoms with Crippen molar-refractivity contribution in [1.29, 1.82) is 0 Å². The molecule has 182 valence electrons. The molecule has 0 unspecified atom stereocenters. The Labute approximate surface area is 215 Å². The van der Waals surface area contributed by atoms with Gasteiger partial charge in [0.15, 0.2) is 0 Å². The summed E-state index contributed by atoms with van der Waals surface area (Å²) in [4.78, 5) is 5.05. The zero-order valence-electron chi connectivity index (χ0n) is 20.1. The Hall–Kier alpha value is -2.96. The minimum atomic E-state index is 0.270. The Balaban J connectivity index is 1.23. The molecule has 1 aliphatic heterocycles. The first kappa shape index (κ1) is 23.8. The third-order valence-electron chi connectivity index (χ3n) is 7.11. The number of halogens is 1. The maximum atomic E-state index is 10.1. The number of rotatable bonds is 7. The summed E-state index contributed by atoms with van der Waals surface area (Å²) in [6.45, 7) is 8.48. The molecular weight excluding hydrogens is 502 g/mol. The molecule has 1 aliphatic rings. The number of fused-ring (bicyclic) bond motifs is 1. The molecule has 3 aromatic carbocycles. The third kappa shape index (κ3) is 5.19. The molecule has 5 nitrogen and oxygen atoms in total. The second kappa shape index (κ2) is 10.3. The normalized spacial score (nSPS) is 14.6. The molecule has 1 aromatic heterocycles. The summed E-state index contributed by atoms with van der Waals surface area (Å²) in [6.07, 6.45) is 2.23. The van der Waals surface area contributed by atoms with E-state index in [-0.39, 0.29) is 11.5 Å². The Morgan fingerprint density at radius 1 is 0.771 bits per heavy atom. The number of hydrogen-bond acceptors (Lipinski definition) is 4. The van der Waals surface area contributed by atoms with Gasteiger partial charge in [0.25, 0.3) is 0 Å². The van der Waals surface area contributed by atoms with E-state index in [1.807, 2.05) is 24.3 Å². The van der Waals surface area contributed by atoms with E-state index in [2.05, 4.69) is 61.5 Å². The number of aryl methyl sites for hydroxylation is 2. The van der Waals surface area contributed by atoms with Crippen molar-refractivity contribution in [3.63, 3.8) is 0 Å². The number of benzene rings is 3. The molecule has 0 atom stereocenters. The first-order valence-corrected chi connectivity index (χ1v) is 13.1. The second-order valence-electron chi connectivity index (χ2n) is 9.39. The van der Waals surface area contributed by atoms with Crippen LogP contribution < -0.4 is 4.90 Å². The van der Waals surface area contributed by atoms with Crippen LogP contribution in [0, 0.1) is 6.92 Å². The van der Waals surface area contributed by atoms with Crippen LogP contribution in [0.3, 0.4) is 0 Å². The molecule has 0 radical (unpaired) electrons. The highest BCUT2D eigenvalue weighted by atomic mass is 79.9. The van der Waals surface area contributed by atoms with Gasteiger partial charge in [-0.05, 0) is 104 Å². The fourth-order valence-corrected chi connectivity index (χ4v) is 5.49. The largest absolute Gasteiger partial charge is 0.508 e. The first-order valence-electron chi connectivity index (χ1n) is 12.3. The summed E-state index contributed by atoms with van der Waals surface area (Å²) in [6, 6.07) is 21.7. The lowest BCUT2D eigenvalue weighted by molar-refractivity contribution is 0.251. The van der Waals surface area contributed by atoms with E-state index >= 15 is 0 Å². The van der Waals surface area contributed by atoms with Crippen molar-refractivity contribution < 1.29 is 10.2 Å². The predicted octanol–water partition coefficient (Wildman–Crippen LogP) is 6.39. The van der Waals surface area contributed by atoms with Crippen molar-refractivity contribution in [3.8, 4) is 22.8 Å². The highest BCUT2D eigenvalue weighted by Crippen LogP contribution is 2.36. The number of aromatic hydroxyl groups is 2. The molecule has 1 fully saturated rings. The number of aromatic nitrogens is 1. The Bertz CT molecular complexity index is 1290. The lowest BCUT2D eigenvalue weighted by atomic mass is 10.1. The lowest BCUT2D eigenvalue weighted by Gasteiger charge is -2.36. The molecule has 4 aromatic rings. The number of phenols is 2. The molecule has 1 saturated heterocycles. The van der Waals surface area contributed by atoms with Gasteiger partial charge < -0.3 is 19.7 Å². The maximum Gasteiger partial charge on any atom is 0.116 e. The number of anilines is 1. The summed E-state index contributed by atoms with van der Waals surface area (Å²) >= 11 is 3.52. The van der Waals surface area contributed by atoms with Crippen molar-refractivity contribution in [2.75, 3.05) is 37.6 Å². The maximum absolute atomic E-state index is 10.1. The van der Waals surface area contributed by atoms with Crippen molar-refractivity contribution in [2.24, 2.45) is 0 Å². The summed E-state index contributed by atoms with van der Waals surface area (Å²) in [5, 5.41) is 20.9. The van der Waals surface area contributed by atoms with Gasteiger partial charge in [-0.3, -0.25) is 4.90 Å².